The van der Waals surface area contributed by atoms with Crippen LogP contribution in [-0.4, -0.2) is 28.0 Å². The van der Waals surface area contributed by atoms with E-state index in [4.69, 9.17) is 5.73 Å². The average molecular weight is 272 g/mol. The van der Waals surface area contributed by atoms with E-state index in [-0.39, 0.29) is 6.04 Å². The molecule has 0 amide bonds. The largest absolute Gasteiger partial charge is 0.333 e. The summed E-state index contributed by atoms with van der Waals surface area (Å²) >= 11 is 0. The summed E-state index contributed by atoms with van der Waals surface area (Å²) in [7, 11) is 2.12. The van der Waals surface area contributed by atoms with Crippen molar-refractivity contribution in [1.29, 1.82) is 0 Å². The van der Waals surface area contributed by atoms with Gasteiger partial charge in [0.25, 0.3) is 0 Å². The number of nitrogens with zero attached hydrogens (tertiary/aromatic N) is 3. The highest BCUT2D eigenvalue weighted by Crippen LogP contribution is 2.20. The van der Waals surface area contributed by atoms with Gasteiger partial charge in [-0.1, -0.05) is 29.8 Å². The molecule has 0 bridgehead atoms. The maximum atomic E-state index is 5.98. The van der Waals surface area contributed by atoms with Gasteiger partial charge >= 0.3 is 0 Å². The maximum absolute atomic E-state index is 5.98. The minimum Gasteiger partial charge on any atom is -0.333 e. The zero-order valence-electron chi connectivity index (χ0n) is 12.6. The number of imidazole rings is 1. The Labute approximate surface area is 121 Å². The highest BCUT2D eigenvalue weighted by molar-refractivity contribution is 5.21. The summed E-state index contributed by atoms with van der Waals surface area (Å²) in [5, 5.41) is 0. The Hall–Kier alpha value is -1.65. The molecule has 2 N–H and O–H groups in total. The molecule has 1 aromatic carbocycles. The number of hydrogen-bond donors (Lipinski definition) is 1. The van der Waals surface area contributed by atoms with Crippen LogP contribution in [0, 0.1) is 6.92 Å². The molecule has 0 fully saturated rings. The molecule has 2 aromatic rings. The summed E-state index contributed by atoms with van der Waals surface area (Å²) in [5.74, 6) is 0. The average Bonchev–Trinajstić information content (AvgIpc) is 2.90. The van der Waals surface area contributed by atoms with Gasteiger partial charge in [0.2, 0.25) is 0 Å². The number of hydrogen-bond acceptors (Lipinski definition) is 3. The molecule has 20 heavy (non-hydrogen) atoms. The standard InChI is InChI=1S/C16H24N4/c1-4-20-12-18-10-16(20)15(9-17)19(3)11-14-7-5-13(2)6-8-14/h5-8,10,12,15H,4,9,11,17H2,1-3H3. The van der Waals surface area contributed by atoms with Crippen LogP contribution in [0.25, 0.3) is 0 Å². The molecule has 0 saturated heterocycles. The van der Waals surface area contributed by atoms with Gasteiger partial charge in [-0.25, -0.2) is 4.98 Å². The third kappa shape index (κ3) is 3.26. The fourth-order valence-corrected chi connectivity index (χ4v) is 2.49. The first-order valence-corrected chi connectivity index (χ1v) is 7.11. The summed E-state index contributed by atoms with van der Waals surface area (Å²) in [5.41, 5.74) is 9.76. The quantitative estimate of drug-likeness (QED) is 0.878. The van der Waals surface area contributed by atoms with Crippen molar-refractivity contribution in [1.82, 2.24) is 14.5 Å². The van der Waals surface area contributed by atoms with Gasteiger partial charge in [0, 0.05) is 25.8 Å². The lowest BCUT2D eigenvalue weighted by atomic mass is 10.1. The lowest BCUT2D eigenvalue weighted by molar-refractivity contribution is 0.232. The Morgan fingerprint density at radius 1 is 1.30 bits per heavy atom. The van der Waals surface area contributed by atoms with Crippen molar-refractivity contribution in [2.45, 2.75) is 33.0 Å². The van der Waals surface area contributed by atoms with E-state index >= 15 is 0 Å². The van der Waals surface area contributed by atoms with Crippen LogP contribution in [0.5, 0.6) is 0 Å². The summed E-state index contributed by atoms with van der Waals surface area (Å²) in [4.78, 5) is 6.53. The molecule has 0 saturated carbocycles. The van der Waals surface area contributed by atoms with Crippen LogP contribution in [0.2, 0.25) is 0 Å². The minimum atomic E-state index is 0.193. The number of aromatic nitrogens is 2. The first kappa shape index (κ1) is 14.8. The molecule has 1 unspecified atom stereocenters. The normalized spacial score (nSPS) is 12.8. The van der Waals surface area contributed by atoms with Gasteiger partial charge in [-0.3, -0.25) is 4.90 Å². The maximum Gasteiger partial charge on any atom is 0.0948 e. The third-order valence-corrected chi connectivity index (χ3v) is 3.73. The van der Waals surface area contributed by atoms with Crippen LogP contribution in [0.3, 0.4) is 0 Å². The van der Waals surface area contributed by atoms with E-state index in [1.54, 1.807) is 0 Å². The Morgan fingerprint density at radius 2 is 2.00 bits per heavy atom. The molecule has 108 valence electrons. The summed E-state index contributed by atoms with van der Waals surface area (Å²) in [6, 6.07) is 8.85. The fourth-order valence-electron chi connectivity index (χ4n) is 2.49. The van der Waals surface area contributed by atoms with E-state index < -0.39 is 0 Å². The van der Waals surface area contributed by atoms with Crippen LogP contribution in [0.1, 0.15) is 29.8 Å². The first-order valence-electron chi connectivity index (χ1n) is 7.11. The topological polar surface area (TPSA) is 47.1 Å². The van der Waals surface area contributed by atoms with Crippen molar-refractivity contribution in [2.75, 3.05) is 13.6 Å². The van der Waals surface area contributed by atoms with Crippen molar-refractivity contribution in [3.05, 3.63) is 53.6 Å². The predicted octanol–water partition coefficient (Wildman–Crippen LogP) is 2.34. The lowest BCUT2D eigenvalue weighted by Gasteiger charge is -2.27. The first-order chi connectivity index (χ1) is 9.65. The number of rotatable bonds is 6. The number of aryl methyl sites for hydroxylation is 2. The molecular weight excluding hydrogens is 248 g/mol. The molecule has 1 atom stereocenters. The van der Waals surface area contributed by atoms with Crippen LogP contribution < -0.4 is 5.73 Å². The number of likely N-dealkylation sites (N-methyl/N-ethyl adjacent to an activating group) is 1. The Kier molecular flexibility index (Phi) is 4.93. The van der Waals surface area contributed by atoms with Gasteiger partial charge in [0.05, 0.1) is 18.1 Å². The van der Waals surface area contributed by atoms with Crippen molar-refractivity contribution in [3.8, 4) is 0 Å². The van der Waals surface area contributed by atoms with Crippen molar-refractivity contribution in [3.63, 3.8) is 0 Å². The molecule has 1 heterocycles. The summed E-state index contributed by atoms with van der Waals surface area (Å²) in [6.07, 6.45) is 3.80. The van der Waals surface area contributed by atoms with Crippen LogP contribution in [-0.2, 0) is 13.1 Å². The lowest BCUT2D eigenvalue weighted by Crippen LogP contribution is -2.31. The number of nitrogens with two attached hydrogens (primary N) is 1. The molecule has 0 spiro atoms. The van der Waals surface area contributed by atoms with Gasteiger partial charge in [-0.05, 0) is 26.5 Å². The van der Waals surface area contributed by atoms with Gasteiger partial charge in [0.15, 0.2) is 0 Å². The van der Waals surface area contributed by atoms with Crippen LogP contribution in [0.4, 0.5) is 0 Å². The number of benzene rings is 1. The van der Waals surface area contributed by atoms with Crippen LogP contribution in [0.15, 0.2) is 36.8 Å². The highest BCUT2D eigenvalue weighted by Gasteiger charge is 2.19. The highest BCUT2D eigenvalue weighted by atomic mass is 15.2. The van der Waals surface area contributed by atoms with Gasteiger partial charge < -0.3 is 10.3 Å². The van der Waals surface area contributed by atoms with E-state index in [9.17, 15) is 0 Å². The van der Waals surface area contributed by atoms with Gasteiger partial charge in [0.1, 0.15) is 0 Å². The van der Waals surface area contributed by atoms with E-state index in [1.165, 1.54) is 16.8 Å². The molecule has 4 heteroatoms. The Morgan fingerprint density at radius 3 is 2.60 bits per heavy atom. The third-order valence-electron chi connectivity index (χ3n) is 3.73. The van der Waals surface area contributed by atoms with Crippen molar-refractivity contribution in [2.24, 2.45) is 5.73 Å². The monoisotopic (exact) mass is 272 g/mol. The van der Waals surface area contributed by atoms with Crippen molar-refractivity contribution < 1.29 is 0 Å². The summed E-state index contributed by atoms with van der Waals surface area (Å²) < 4.78 is 2.16. The van der Waals surface area contributed by atoms with E-state index in [1.807, 2.05) is 12.5 Å². The van der Waals surface area contributed by atoms with Crippen molar-refractivity contribution >= 4 is 0 Å². The van der Waals surface area contributed by atoms with E-state index in [2.05, 4.69) is 59.6 Å². The second kappa shape index (κ2) is 6.68. The second-order valence-electron chi connectivity index (χ2n) is 5.26. The predicted molar refractivity (Wildman–Crippen MR) is 82.3 cm³/mol. The molecule has 0 aliphatic heterocycles. The van der Waals surface area contributed by atoms with E-state index in [0.29, 0.717) is 6.54 Å². The minimum absolute atomic E-state index is 0.193. The molecule has 0 aliphatic rings. The molecule has 1 aromatic heterocycles. The molecule has 4 nitrogen and oxygen atoms in total. The Bertz CT molecular complexity index is 530. The van der Waals surface area contributed by atoms with Crippen LogP contribution >= 0.6 is 0 Å². The molecule has 0 radical (unpaired) electrons. The van der Waals surface area contributed by atoms with E-state index in [0.717, 1.165) is 13.1 Å². The smallest absolute Gasteiger partial charge is 0.0948 e. The van der Waals surface area contributed by atoms with Gasteiger partial charge in [-0.15, -0.1) is 0 Å². The van der Waals surface area contributed by atoms with Gasteiger partial charge in [-0.2, -0.15) is 0 Å². The molecule has 2 rings (SSSR count). The molecular formula is C16H24N4. The summed E-state index contributed by atoms with van der Waals surface area (Å²) in [6.45, 7) is 6.63. The zero-order chi connectivity index (χ0) is 14.5. The Balaban J connectivity index is 2.13. The second-order valence-corrected chi connectivity index (χ2v) is 5.26. The fraction of sp³-hybridized carbons (Fsp3) is 0.438. The SMILES string of the molecule is CCn1cncc1C(CN)N(C)Cc1ccc(C)cc1. The zero-order valence-corrected chi connectivity index (χ0v) is 12.6. The molecule has 0 aliphatic carbocycles.